The predicted octanol–water partition coefficient (Wildman–Crippen LogP) is 2.89. The summed E-state index contributed by atoms with van der Waals surface area (Å²) in [5, 5.41) is 10.1. The summed E-state index contributed by atoms with van der Waals surface area (Å²) in [5.74, 6) is 1.52. The molecule has 2 N–H and O–H groups in total. The minimum atomic E-state index is -0.236. The highest BCUT2D eigenvalue weighted by molar-refractivity contribution is 5.73. The number of hydrogen-bond acceptors (Lipinski definition) is 4. The van der Waals surface area contributed by atoms with Gasteiger partial charge in [-0.25, -0.2) is 14.5 Å². The first-order chi connectivity index (χ1) is 13.0. The first kappa shape index (κ1) is 18.4. The number of pyridine rings is 1. The van der Waals surface area contributed by atoms with Crippen LogP contribution in [-0.2, 0) is 13.1 Å². The Hall–Kier alpha value is -3.35. The number of rotatable bonds is 6. The molecule has 0 atom stereocenters. The Balaban J connectivity index is 1.50. The summed E-state index contributed by atoms with van der Waals surface area (Å²) >= 11 is 0. The van der Waals surface area contributed by atoms with Gasteiger partial charge in [-0.15, -0.1) is 0 Å². The van der Waals surface area contributed by atoms with E-state index in [0.29, 0.717) is 13.1 Å². The SMILES string of the molecule is COc1cccc(CNC(=O)NCc2ccc(-n3nc(C)cc3C)nc2)c1. The van der Waals surface area contributed by atoms with E-state index in [1.165, 1.54) is 0 Å². The van der Waals surface area contributed by atoms with Gasteiger partial charge in [0.2, 0.25) is 0 Å². The van der Waals surface area contributed by atoms with Crippen molar-refractivity contribution in [2.45, 2.75) is 26.9 Å². The van der Waals surface area contributed by atoms with Gasteiger partial charge in [-0.2, -0.15) is 5.10 Å². The minimum absolute atomic E-state index is 0.236. The number of aryl methyl sites for hydroxylation is 2. The Labute approximate surface area is 158 Å². The molecule has 140 valence electrons. The minimum Gasteiger partial charge on any atom is -0.497 e. The fraction of sp³-hybridized carbons (Fsp3) is 0.250. The molecule has 0 saturated carbocycles. The van der Waals surface area contributed by atoms with Crippen molar-refractivity contribution < 1.29 is 9.53 Å². The van der Waals surface area contributed by atoms with Gasteiger partial charge in [-0.05, 0) is 49.2 Å². The second kappa shape index (κ2) is 8.35. The van der Waals surface area contributed by atoms with Crippen molar-refractivity contribution in [2.75, 3.05) is 7.11 Å². The number of amides is 2. The van der Waals surface area contributed by atoms with Crippen LogP contribution in [0.4, 0.5) is 4.79 Å². The van der Waals surface area contributed by atoms with Crippen molar-refractivity contribution in [2.24, 2.45) is 0 Å². The standard InChI is InChI=1S/C20H23N5O2/c1-14-9-15(2)25(24-14)19-8-7-17(12-21-19)13-23-20(26)22-11-16-5-4-6-18(10-16)27-3/h4-10,12H,11,13H2,1-3H3,(H2,22,23,26). The molecule has 7 heteroatoms. The molecule has 2 heterocycles. The number of urea groups is 1. The van der Waals surface area contributed by atoms with Gasteiger partial charge in [0.25, 0.3) is 0 Å². The zero-order chi connectivity index (χ0) is 19.2. The van der Waals surface area contributed by atoms with Crippen molar-refractivity contribution in [3.8, 4) is 11.6 Å². The first-order valence-corrected chi connectivity index (χ1v) is 8.68. The number of ether oxygens (including phenoxy) is 1. The lowest BCUT2D eigenvalue weighted by Gasteiger charge is -2.09. The monoisotopic (exact) mass is 365 g/mol. The van der Waals surface area contributed by atoms with Gasteiger partial charge in [-0.3, -0.25) is 0 Å². The maximum Gasteiger partial charge on any atom is 0.315 e. The van der Waals surface area contributed by atoms with Gasteiger partial charge in [0.05, 0.1) is 12.8 Å². The number of benzene rings is 1. The molecule has 0 aliphatic rings. The molecule has 0 unspecified atom stereocenters. The van der Waals surface area contributed by atoms with Gasteiger partial charge < -0.3 is 15.4 Å². The van der Waals surface area contributed by atoms with Crippen LogP contribution in [0.2, 0.25) is 0 Å². The van der Waals surface area contributed by atoms with E-state index in [-0.39, 0.29) is 6.03 Å². The van der Waals surface area contributed by atoms with Gasteiger partial charge in [0.1, 0.15) is 5.75 Å². The number of nitrogens with one attached hydrogen (secondary N) is 2. The van der Waals surface area contributed by atoms with Crippen LogP contribution in [-0.4, -0.2) is 27.9 Å². The smallest absolute Gasteiger partial charge is 0.315 e. The normalized spacial score (nSPS) is 10.5. The average Bonchev–Trinajstić information content (AvgIpc) is 3.03. The van der Waals surface area contributed by atoms with Crippen molar-refractivity contribution >= 4 is 6.03 Å². The summed E-state index contributed by atoms with van der Waals surface area (Å²) in [4.78, 5) is 16.4. The molecular weight excluding hydrogens is 342 g/mol. The van der Waals surface area contributed by atoms with Crippen LogP contribution < -0.4 is 15.4 Å². The Kier molecular flexibility index (Phi) is 5.71. The summed E-state index contributed by atoms with van der Waals surface area (Å²) in [6.07, 6.45) is 1.74. The number of carbonyl (C=O) groups excluding carboxylic acids is 1. The topological polar surface area (TPSA) is 81.1 Å². The zero-order valence-corrected chi connectivity index (χ0v) is 15.7. The van der Waals surface area contributed by atoms with E-state index in [1.54, 1.807) is 18.0 Å². The van der Waals surface area contributed by atoms with Crippen LogP contribution in [0.15, 0.2) is 48.7 Å². The Morgan fingerprint density at radius 3 is 2.48 bits per heavy atom. The van der Waals surface area contributed by atoms with E-state index in [0.717, 1.165) is 34.1 Å². The van der Waals surface area contributed by atoms with Crippen molar-refractivity contribution in [1.82, 2.24) is 25.4 Å². The van der Waals surface area contributed by atoms with E-state index in [1.807, 2.05) is 56.3 Å². The molecule has 2 amide bonds. The second-order valence-corrected chi connectivity index (χ2v) is 6.25. The summed E-state index contributed by atoms with van der Waals surface area (Å²) in [6.45, 7) is 4.77. The lowest BCUT2D eigenvalue weighted by Crippen LogP contribution is -2.34. The quantitative estimate of drug-likeness (QED) is 0.704. The van der Waals surface area contributed by atoms with Crippen LogP contribution in [0, 0.1) is 13.8 Å². The predicted molar refractivity (Wildman–Crippen MR) is 103 cm³/mol. The molecule has 0 radical (unpaired) electrons. The van der Waals surface area contributed by atoms with E-state index >= 15 is 0 Å². The number of nitrogens with zero attached hydrogens (tertiary/aromatic N) is 3. The molecule has 0 spiro atoms. The molecule has 2 aromatic heterocycles. The third kappa shape index (κ3) is 4.84. The number of hydrogen-bond donors (Lipinski definition) is 2. The summed E-state index contributed by atoms with van der Waals surface area (Å²) < 4.78 is 6.97. The maximum absolute atomic E-state index is 12.0. The van der Waals surface area contributed by atoms with Crippen LogP contribution in [0.5, 0.6) is 5.75 Å². The second-order valence-electron chi connectivity index (χ2n) is 6.25. The van der Waals surface area contributed by atoms with Crippen molar-refractivity contribution in [1.29, 1.82) is 0 Å². The molecule has 3 aromatic rings. The Morgan fingerprint density at radius 1 is 1.07 bits per heavy atom. The van der Waals surface area contributed by atoms with Crippen LogP contribution in [0.3, 0.4) is 0 Å². The number of carbonyl (C=O) groups is 1. The molecule has 1 aromatic carbocycles. The zero-order valence-electron chi connectivity index (χ0n) is 15.7. The van der Waals surface area contributed by atoms with Crippen LogP contribution >= 0.6 is 0 Å². The molecule has 27 heavy (non-hydrogen) atoms. The first-order valence-electron chi connectivity index (χ1n) is 8.68. The molecule has 0 aliphatic heterocycles. The fourth-order valence-electron chi connectivity index (χ4n) is 2.72. The number of methoxy groups -OCH3 is 1. The molecule has 0 saturated heterocycles. The van der Waals surface area contributed by atoms with E-state index in [4.69, 9.17) is 4.74 Å². The molecule has 7 nitrogen and oxygen atoms in total. The lowest BCUT2D eigenvalue weighted by atomic mass is 10.2. The van der Waals surface area contributed by atoms with Gasteiger partial charge >= 0.3 is 6.03 Å². The van der Waals surface area contributed by atoms with Crippen LogP contribution in [0.25, 0.3) is 5.82 Å². The maximum atomic E-state index is 12.0. The third-order valence-corrected chi connectivity index (χ3v) is 4.08. The largest absolute Gasteiger partial charge is 0.497 e. The van der Waals surface area contributed by atoms with E-state index in [9.17, 15) is 4.79 Å². The number of aromatic nitrogens is 3. The van der Waals surface area contributed by atoms with Crippen LogP contribution in [0.1, 0.15) is 22.5 Å². The average molecular weight is 365 g/mol. The summed E-state index contributed by atoms with van der Waals surface area (Å²) in [6, 6.07) is 13.2. The highest BCUT2D eigenvalue weighted by Crippen LogP contribution is 2.12. The summed E-state index contributed by atoms with van der Waals surface area (Å²) in [7, 11) is 1.62. The van der Waals surface area contributed by atoms with Crippen molar-refractivity contribution in [3.05, 3.63) is 71.2 Å². The highest BCUT2D eigenvalue weighted by atomic mass is 16.5. The van der Waals surface area contributed by atoms with E-state index < -0.39 is 0 Å². The van der Waals surface area contributed by atoms with Gasteiger partial charge in [0.15, 0.2) is 5.82 Å². The third-order valence-electron chi connectivity index (χ3n) is 4.08. The Bertz CT molecular complexity index is 918. The molecule has 0 fully saturated rings. The van der Waals surface area contributed by atoms with E-state index in [2.05, 4.69) is 20.7 Å². The van der Waals surface area contributed by atoms with Gasteiger partial charge in [-0.1, -0.05) is 18.2 Å². The highest BCUT2D eigenvalue weighted by Gasteiger charge is 2.06. The fourth-order valence-corrected chi connectivity index (χ4v) is 2.72. The molecular formula is C20H23N5O2. The van der Waals surface area contributed by atoms with Crippen molar-refractivity contribution in [3.63, 3.8) is 0 Å². The Morgan fingerprint density at radius 2 is 1.85 bits per heavy atom. The molecule has 0 bridgehead atoms. The lowest BCUT2D eigenvalue weighted by molar-refractivity contribution is 0.240. The molecule has 3 rings (SSSR count). The molecule has 0 aliphatic carbocycles. The van der Waals surface area contributed by atoms with Gasteiger partial charge in [0, 0.05) is 25.0 Å². The summed E-state index contributed by atoms with van der Waals surface area (Å²) in [5.41, 5.74) is 3.87.